The predicted molar refractivity (Wildman–Crippen MR) is 77.3 cm³/mol. The molecule has 0 spiro atoms. The number of rotatable bonds is 6. The van der Waals surface area contributed by atoms with Gasteiger partial charge < -0.3 is 10.1 Å². The van der Waals surface area contributed by atoms with Gasteiger partial charge in [-0.15, -0.1) is 0 Å². The molecule has 2 rings (SSSR count). The summed E-state index contributed by atoms with van der Waals surface area (Å²) in [5.74, 6) is 0.523. The Labute approximate surface area is 118 Å². The first-order valence-electron chi connectivity index (χ1n) is 6.70. The number of nitrogens with zero attached hydrogens (tertiary/aromatic N) is 1. The minimum absolute atomic E-state index is 0.0627. The smallest absolute Gasteiger partial charge is 0.141 e. The number of likely N-dealkylation sites (N-methyl/N-ethyl adjacent to an activating group) is 1. The lowest BCUT2D eigenvalue weighted by Gasteiger charge is -2.17. The van der Waals surface area contributed by atoms with Gasteiger partial charge in [0.05, 0.1) is 25.0 Å². The lowest BCUT2D eigenvalue weighted by Crippen LogP contribution is -2.23. The van der Waals surface area contributed by atoms with Gasteiger partial charge in [0.25, 0.3) is 0 Å². The molecule has 0 radical (unpaired) electrons. The van der Waals surface area contributed by atoms with E-state index in [0.29, 0.717) is 0 Å². The van der Waals surface area contributed by atoms with Crippen molar-refractivity contribution in [3.8, 4) is 5.75 Å². The van der Waals surface area contributed by atoms with Crippen LogP contribution in [0.4, 0.5) is 4.39 Å². The number of aromatic nitrogens is 1. The van der Waals surface area contributed by atoms with Crippen LogP contribution >= 0.6 is 0 Å². The Morgan fingerprint density at radius 1 is 1.30 bits per heavy atom. The predicted octanol–water partition coefficient (Wildman–Crippen LogP) is 3.12. The van der Waals surface area contributed by atoms with Gasteiger partial charge in [-0.05, 0) is 42.8 Å². The highest BCUT2D eigenvalue weighted by molar-refractivity contribution is 5.29. The van der Waals surface area contributed by atoms with E-state index in [1.54, 1.807) is 13.2 Å². The summed E-state index contributed by atoms with van der Waals surface area (Å²) in [5, 5.41) is 3.38. The highest BCUT2D eigenvalue weighted by Crippen LogP contribution is 2.20. The van der Waals surface area contributed by atoms with Crippen molar-refractivity contribution in [2.45, 2.75) is 19.4 Å². The van der Waals surface area contributed by atoms with Crippen molar-refractivity contribution in [1.29, 1.82) is 0 Å². The van der Waals surface area contributed by atoms with Crippen molar-refractivity contribution in [1.82, 2.24) is 10.3 Å². The van der Waals surface area contributed by atoms with Crippen molar-refractivity contribution in [2.24, 2.45) is 0 Å². The topological polar surface area (TPSA) is 34.1 Å². The molecule has 0 bridgehead atoms. The van der Waals surface area contributed by atoms with Crippen LogP contribution < -0.4 is 10.1 Å². The molecule has 20 heavy (non-hydrogen) atoms. The van der Waals surface area contributed by atoms with Crippen molar-refractivity contribution in [3.63, 3.8) is 0 Å². The summed E-state index contributed by atoms with van der Waals surface area (Å²) in [4.78, 5) is 4.17. The molecular weight excluding hydrogens is 255 g/mol. The summed E-state index contributed by atoms with van der Waals surface area (Å²) < 4.78 is 18.2. The standard InChI is InChI=1S/C16H19FN2O/c1-3-18-16(15-8-7-13(17)11-19-15)10-12-5-4-6-14(9-12)20-2/h4-9,11,16,18H,3,10H2,1-2H3. The maximum absolute atomic E-state index is 13.0. The molecule has 4 heteroatoms. The molecule has 1 atom stereocenters. The van der Waals surface area contributed by atoms with E-state index >= 15 is 0 Å². The minimum atomic E-state index is -0.314. The Balaban J connectivity index is 2.18. The van der Waals surface area contributed by atoms with E-state index in [1.165, 1.54) is 12.3 Å². The Hall–Kier alpha value is -1.94. The normalized spacial score (nSPS) is 12.2. The van der Waals surface area contributed by atoms with Gasteiger partial charge in [-0.25, -0.2) is 4.39 Å². The Morgan fingerprint density at radius 2 is 2.15 bits per heavy atom. The average Bonchev–Trinajstić information content (AvgIpc) is 2.48. The van der Waals surface area contributed by atoms with E-state index < -0.39 is 0 Å². The van der Waals surface area contributed by atoms with Crippen molar-refractivity contribution >= 4 is 0 Å². The maximum Gasteiger partial charge on any atom is 0.141 e. The molecule has 0 aliphatic carbocycles. The largest absolute Gasteiger partial charge is 0.497 e. The first-order chi connectivity index (χ1) is 9.72. The molecule has 1 aromatic carbocycles. The SMILES string of the molecule is CCNC(Cc1cccc(OC)c1)c1ccc(F)cn1. The van der Waals surface area contributed by atoms with Gasteiger partial charge in [-0.1, -0.05) is 19.1 Å². The number of benzene rings is 1. The van der Waals surface area contributed by atoms with Gasteiger partial charge in [0.2, 0.25) is 0 Å². The second-order valence-electron chi connectivity index (χ2n) is 4.57. The lowest BCUT2D eigenvalue weighted by atomic mass is 10.0. The molecule has 2 aromatic rings. The van der Waals surface area contributed by atoms with Crippen molar-refractivity contribution < 1.29 is 9.13 Å². The summed E-state index contributed by atoms with van der Waals surface area (Å²) >= 11 is 0. The van der Waals surface area contributed by atoms with Crippen LogP contribution in [-0.2, 0) is 6.42 Å². The van der Waals surface area contributed by atoms with Gasteiger partial charge in [-0.2, -0.15) is 0 Å². The number of halogens is 1. The maximum atomic E-state index is 13.0. The molecule has 0 amide bonds. The van der Waals surface area contributed by atoms with Crippen LogP contribution in [0.25, 0.3) is 0 Å². The molecular formula is C16H19FN2O. The van der Waals surface area contributed by atoms with Crippen LogP contribution in [0.1, 0.15) is 24.2 Å². The zero-order chi connectivity index (χ0) is 14.4. The first-order valence-corrected chi connectivity index (χ1v) is 6.70. The molecule has 0 aliphatic rings. The fraction of sp³-hybridized carbons (Fsp3) is 0.312. The molecule has 0 saturated carbocycles. The van der Waals surface area contributed by atoms with Crippen molar-refractivity contribution in [3.05, 3.63) is 59.7 Å². The third kappa shape index (κ3) is 3.78. The second kappa shape index (κ2) is 7.01. The van der Waals surface area contributed by atoms with Gasteiger partial charge in [0.1, 0.15) is 11.6 Å². The molecule has 106 valence electrons. The monoisotopic (exact) mass is 274 g/mol. The van der Waals surface area contributed by atoms with Crippen LogP contribution in [0.2, 0.25) is 0 Å². The van der Waals surface area contributed by atoms with E-state index in [4.69, 9.17) is 4.74 Å². The number of ether oxygens (including phenoxy) is 1. The molecule has 3 nitrogen and oxygen atoms in total. The number of hydrogen-bond donors (Lipinski definition) is 1. The highest BCUT2D eigenvalue weighted by atomic mass is 19.1. The Bertz CT molecular complexity index is 542. The van der Waals surface area contributed by atoms with Gasteiger partial charge in [-0.3, -0.25) is 4.98 Å². The summed E-state index contributed by atoms with van der Waals surface area (Å²) in [6, 6.07) is 11.2. The van der Waals surface area contributed by atoms with Gasteiger partial charge >= 0.3 is 0 Å². The fourth-order valence-electron chi connectivity index (χ4n) is 2.16. The molecule has 1 unspecified atom stereocenters. The number of nitrogens with one attached hydrogen (secondary N) is 1. The summed E-state index contributed by atoms with van der Waals surface area (Å²) in [6.07, 6.45) is 2.04. The molecule has 1 N–H and O–H groups in total. The van der Waals surface area contributed by atoms with Crippen LogP contribution in [-0.4, -0.2) is 18.6 Å². The van der Waals surface area contributed by atoms with Crippen LogP contribution in [0.3, 0.4) is 0 Å². The highest BCUT2D eigenvalue weighted by Gasteiger charge is 2.13. The molecule has 0 aliphatic heterocycles. The Kier molecular flexibility index (Phi) is 5.07. The molecule has 1 heterocycles. The summed E-state index contributed by atoms with van der Waals surface area (Å²) in [5.41, 5.74) is 2.00. The van der Waals surface area contributed by atoms with Crippen LogP contribution in [0.5, 0.6) is 5.75 Å². The summed E-state index contributed by atoms with van der Waals surface area (Å²) in [7, 11) is 1.66. The van der Waals surface area contributed by atoms with E-state index in [1.807, 2.05) is 25.1 Å². The number of pyridine rings is 1. The second-order valence-corrected chi connectivity index (χ2v) is 4.57. The van der Waals surface area contributed by atoms with E-state index in [2.05, 4.69) is 16.4 Å². The van der Waals surface area contributed by atoms with E-state index in [9.17, 15) is 4.39 Å². The summed E-state index contributed by atoms with van der Waals surface area (Å²) in [6.45, 7) is 2.87. The lowest BCUT2D eigenvalue weighted by molar-refractivity contribution is 0.413. The quantitative estimate of drug-likeness (QED) is 0.878. The molecule has 1 aromatic heterocycles. The molecule has 0 saturated heterocycles. The Morgan fingerprint density at radius 3 is 2.80 bits per heavy atom. The van der Waals surface area contributed by atoms with Gasteiger partial charge in [0.15, 0.2) is 0 Å². The zero-order valence-electron chi connectivity index (χ0n) is 11.8. The average molecular weight is 274 g/mol. The van der Waals surface area contributed by atoms with Crippen LogP contribution in [0, 0.1) is 5.82 Å². The first kappa shape index (κ1) is 14.5. The zero-order valence-corrected chi connectivity index (χ0v) is 11.8. The van der Waals surface area contributed by atoms with Crippen LogP contribution in [0.15, 0.2) is 42.6 Å². The minimum Gasteiger partial charge on any atom is -0.497 e. The van der Waals surface area contributed by atoms with E-state index in [0.717, 1.165) is 30.0 Å². The third-order valence-electron chi connectivity index (χ3n) is 3.13. The fourth-order valence-corrected chi connectivity index (χ4v) is 2.16. The third-order valence-corrected chi connectivity index (χ3v) is 3.13. The van der Waals surface area contributed by atoms with E-state index in [-0.39, 0.29) is 11.9 Å². The number of hydrogen-bond acceptors (Lipinski definition) is 3. The molecule has 0 fully saturated rings. The van der Waals surface area contributed by atoms with Gasteiger partial charge in [0, 0.05) is 0 Å². The number of methoxy groups -OCH3 is 1. The van der Waals surface area contributed by atoms with Crippen molar-refractivity contribution in [2.75, 3.05) is 13.7 Å².